The number of hydrogen-bond acceptors (Lipinski definition) is 4. The first kappa shape index (κ1) is 29.9. The summed E-state index contributed by atoms with van der Waals surface area (Å²) in [6, 6.07) is 19.4. The number of unbranched alkanes of at least 4 members (excludes halogenated alkanes) is 1. The normalized spacial score (nSPS) is 11.3. The summed E-state index contributed by atoms with van der Waals surface area (Å²) in [4.78, 5) is 20.5. The van der Waals surface area contributed by atoms with Gasteiger partial charge in [-0.3, -0.25) is 9.78 Å². The van der Waals surface area contributed by atoms with Crippen molar-refractivity contribution in [2.24, 2.45) is 0 Å². The van der Waals surface area contributed by atoms with Gasteiger partial charge in [-0.25, -0.2) is 0 Å². The van der Waals surface area contributed by atoms with Crippen LogP contribution in [0.1, 0.15) is 51.7 Å². The largest absolute Gasteiger partial charge is 0.310 e. The SMILES string of the molecule is CC(=O)N(Cc1ccccc1)/C(CNCc1ccncc1)=C(\C)Sc1cc(Cl)cc(Cl)c1.CCCC. The van der Waals surface area contributed by atoms with Crippen molar-refractivity contribution in [3.05, 3.63) is 105 Å². The summed E-state index contributed by atoms with van der Waals surface area (Å²) in [5, 5.41) is 4.63. The van der Waals surface area contributed by atoms with E-state index in [0.717, 1.165) is 26.6 Å². The summed E-state index contributed by atoms with van der Waals surface area (Å²) in [6.45, 7) is 9.67. The molecule has 36 heavy (non-hydrogen) atoms. The van der Waals surface area contributed by atoms with Crippen molar-refractivity contribution in [1.82, 2.24) is 15.2 Å². The molecule has 0 fully saturated rings. The van der Waals surface area contributed by atoms with Crippen molar-refractivity contribution >= 4 is 40.9 Å². The maximum absolute atomic E-state index is 12.7. The molecule has 0 unspecified atom stereocenters. The van der Waals surface area contributed by atoms with Gasteiger partial charge in [-0.2, -0.15) is 0 Å². The number of benzene rings is 2. The number of carbonyl (C=O) groups is 1. The number of amides is 1. The van der Waals surface area contributed by atoms with E-state index in [2.05, 4.69) is 24.1 Å². The first-order valence-electron chi connectivity index (χ1n) is 12.1. The van der Waals surface area contributed by atoms with Gasteiger partial charge in [0, 0.05) is 57.9 Å². The zero-order chi connectivity index (χ0) is 26.3. The smallest absolute Gasteiger partial charge is 0.223 e. The number of aromatic nitrogens is 1. The van der Waals surface area contributed by atoms with Crippen LogP contribution in [0.15, 0.2) is 88.6 Å². The summed E-state index contributed by atoms with van der Waals surface area (Å²) in [7, 11) is 0. The lowest BCUT2D eigenvalue weighted by Crippen LogP contribution is -2.33. The molecule has 1 heterocycles. The third-order valence-electron chi connectivity index (χ3n) is 5.27. The minimum Gasteiger partial charge on any atom is -0.310 e. The van der Waals surface area contributed by atoms with Crippen LogP contribution in [-0.4, -0.2) is 22.3 Å². The molecular formula is C29H35Cl2N3OS. The molecule has 0 atom stereocenters. The molecule has 1 aromatic heterocycles. The molecular weight excluding hydrogens is 509 g/mol. The van der Waals surface area contributed by atoms with E-state index in [0.29, 0.717) is 29.7 Å². The quantitative estimate of drug-likeness (QED) is 0.261. The standard InChI is InChI=1S/C25H25Cl2N3OS.C4H10/c1-18(32-24-13-22(26)12-23(27)14-24)25(16-29-15-20-8-10-28-11-9-20)30(19(2)31)17-21-6-4-3-5-7-21;1-3-4-2/h3-14,29H,15-17H2,1-2H3;3-4H2,1-2H3/b25-18+;. The Kier molecular flexibility index (Phi) is 13.7. The highest BCUT2D eigenvalue weighted by atomic mass is 35.5. The van der Waals surface area contributed by atoms with Crippen LogP contribution in [0.5, 0.6) is 0 Å². The molecule has 192 valence electrons. The average molecular weight is 545 g/mol. The van der Waals surface area contributed by atoms with Gasteiger partial charge in [0.2, 0.25) is 5.91 Å². The van der Waals surface area contributed by atoms with Crippen LogP contribution in [0.3, 0.4) is 0 Å². The van der Waals surface area contributed by atoms with Gasteiger partial charge < -0.3 is 10.2 Å². The average Bonchev–Trinajstić information content (AvgIpc) is 2.86. The Morgan fingerprint density at radius 2 is 1.53 bits per heavy atom. The van der Waals surface area contributed by atoms with Crippen LogP contribution < -0.4 is 5.32 Å². The van der Waals surface area contributed by atoms with Gasteiger partial charge in [-0.05, 0) is 48.4 Å². The van der Waals surface area contributed by atoms with Crippen molar-refractivity contribution in [2.75, 3.05) is 6.54 Å². The van der Waals surface area contributed by atoms with Crippen LogP contribution in [0.4, 0.5) is 0 Å². The predicted molar refractivity (Wildman–Crippen MR) is 154 cm³/mol. The minimum absolute atomic E-state index is 0.0151. The third-order valence-corrected chi connectivity index (χ3v) is 6.72. The van der Waals surface area contributed by atoms with Gasteiger partial charge in [0.25, 0.3) is 0 Å². The molecule has 0 aliphatic heterocycles. The van der Waals surface area contributed by atoms with Crippen molar-refractivity contribution in [3.8, 4) is 0 Å². The number of pyridine rings is 1. The number of nitrogens with one attached hydrogen (secondary N) is 1. The van der Waals surface area contributed by atoms with Gasteiger partial charge in [-0.1, -0.05) is 92.0 Å². The van der Waals surface area contributed by atoms with Crippen molar-refractivity contribution in [3.63, 3.8) is 0 Å². The second-order valence-corrected chi connectivity index (χ2v) is 10.4. The van der Waals surface area contributed by atoms with Crippen LogP contribution in [0.2, 0.25) is 10.0 Å². The molecule has 2 aromatic carbocycles. The van der Waals surface area contributed by atoms with Gasteiger partial charge in [-0.15, -0.1) is 0 Å². The number of thioether (sulfide) groups is 1. The maximum Gasteiger partial charge on any atom is 0.223 e. The fourth-order valence-corrected chi connectivity index (χ4v) is 4.90. The summed E-state index contributed by atoms with van der Waals surface area (Å²) < 4.78 is 0. The Hall–Kier alpha value is -2.31. The molecule has 3 aromatic rings. The zero-order valence-corrected chi connectivity index (χ0v) is 23.8. The number of hydrogen-bond donors (Lipinski definition) is 1. The van der Waals surface area contributed by atoms with Gasteiger partial charge >= 0.3 is 0 Å². The Bertz CT molecular complexity index is 1090. The first-order chi connectivity index (χ1) is 17.3. The van der Waals surface area contributed by atoms with Gasteiger partial charge in [0.15, 0.2) is 0 Å². The maximum atomic E-state index is 12.7. The van der Waals surface area contributed by atoms with Gasteiger partial charge in [0.05, 0.1) is 6.54 Å². The molecule has 1 amide bonds. The number of nitrogens with zero attached hydrogens (tertiary/aromatic N) is 2. The second-order valence-electron chi connectivity index (χ2n) is 8.26. The number of carbonyl (C=O) groups excluding carboxylic acids is 1. The molecule has 1 N–H and O–H groups in total. The number of halogens is 2. The van der Waals surface area contributed by atoms with E-state index in [1.807, 2.05) is 66.4 Å². The van der Waals surface area contributed by atoms with Crippen LogP contribution in [0, 0.1) is 0 Å². The van der Waals surface area contributed by atoms with Crippen molar-refractivity contribution < 1.29 is 4.79 Å². The lowest BCUT2D eigenvalue weighted by atomic mass is 10.2. The number of rotatable bonds is 10. The summed E-state index contributed by atoms with van der Waals surface area (Å²) >= 11 is 13.9. The monoisotopic (exact) mass is 543 g/mol. The van der Waals surface area contributed by atoms with Gasteiger partial charge in [0.1, 0.15) is 0 Å². The Morgan fingerprint density at radius 1 is 0.917 bits per heavy atom. The van der Waals surface area contributed by atoms with E-state index in [4.69, 9.17) is 23.2 Å². The van der Waals surface area contributed by atoms with Crippen LogP contribution >= 0.6 is 35.0 Å². The zero-order valence-electron chi connectivity index (χ0n) is 21.4. The molecule has 0 aliphatic rings. The Labute approximate surface area is 230 Å². The van der Waals surface area contributed by atoms with E-state index in [1.165, 1.54) is 12.8 Å². The van der Waals surface area contributed by atoms with E-state index in [-0.39, 0.29) is 5.91 Å². The molecule has 3 rings (SSSR count). The molecule has 0 spiro atoms. The third kappa shape index (κ3) is 10.8. The van der Waals surface area contributed by atoms with E-state index >= 15 is 0 Å². The highest BCUT2D eigenvalue weighted by Crippen LogP contribution is 2.34. The summed E-state index contributed by atoms with van der Waals surface area (Å²) in [5.41, 5.74) is 3.11. The lowest BCUT2D eigenvalue weighted by Gasteiger charge is -2.27. The Morgan fingerprint density at radius 3 is 2.08 bits per heavy atom. The molecule has 4 nitrogen and oxygen atoms in total. The predicted octanol–water partition coefficient (Wildman–Crippen LogP) is 8.36. The highest BCUT2D eigenvalue weighted by molar-refractivity contribution is 8.03. The fraction of sp³-hybridized carbons (Fsp3) is 0.310. The Balaban J connectivity index is 0.00000106. The second kappa shape index (κ2) is 16.4. The first-order valence-corrected chi connectivity index (χ1v) is 13.7. The minimum atomic E-state index is -0.0151. The topological polar surface area (TPSA) is 45.2 Å². The summed E-state index contributed by atoms with van der Waals surface area (Å²) in [6.07, 6.45) is 6.18. The van der Waals surface area contributed by atoms with E-state index < -0.39 is 0 Å². The fourth-order valence-electron chi connectivity index (χ4n) is 3.22. The van der Waals surface area contributed by atoms with Crippen LogP contribution in [0.25, 0.3) is 0 Å². The van der Waals surface area contributed by atoms with E-state index in [9.17, 15) is 4.79 Å². The lowest BCUT2D eigenvalue weighted by molar-refractivity contribution is -0.127. The highest BCUT2D eigenvalue weighted by Gasteiger charge is 2.18. The summed E-state index contributed by atoms with van der Waals surface area (Å²) in [5.74, 6) is -0.0151. The van der Waals surface area contributed by atoms with Crippen molar-refractivity contribution in [1.29, 1.82) is 0 Å². The molecule has 0 aliphatic carbocycles. The number of allylic oxidation sites excluding steroid dienone is 1. The molecule has 0 saturated heterocycles. The molecule has 0 radical (unpaired) electrons. The molecule has 0 saturated carbocycles. The molecule has 7 heteroatoms. The molecule has 0 bridgehead atoms. The van der Waals surface area contributed by atoms with E-state index in [1.54, 1.807) is 37.1 Å². The van der Waals surface area contributed by atoms with Crippen LogP contribution in [-0.2, 0) is 17.9 Å². The van der Waals surface area contributed by atoms with Crippen molar-refractivity contribution in [2.45, 2.75) is 58.5 Å².